The van der Waals surface area contributed by atoms with E-state index in [1.165, 1.54) is 41.9 Å². The molecular weight excluding hydrogens is 430 g/mol. The lowest BCUT2D eigenvalue weighted by molar-refractivity contribution is -0.124. The predicted molar refractivity (Wildman–Crippen MR) is 114 cm³/mol. The Bertz CT molecular complexity index is 1040. The first-order valence-corrected chi connectivity index (χ1v) is 11.0. The summed E-state index contributed by atoms with van der Waals surface area (Å²) in [5.74, 6) is 0.671. The van der Waals surface area contributed by atoms with Crippen molar-refractivity contribution in [2.75, 3.05) is 20.8 Å². The van der Waals surface area contributed by atoms with Crippen molar-refractivity contribution in [3.8, 4) is 11.5 Å². The van der Waals surface area contributed by atoms with Crippen LogP contribution in [0.3, 0.4) is 0 Å². The number of halogens is 1. The smallest absolute Gasteiger partial charge is 0.258 e. The summed E-state index contributed by atoms with van der Waals surface area (Å²) in [4.78, 5) is 12.7. The van der Waals surface area contributed by atoms with Gasteiger partial charge in [0, 0.05) is 17.1 Å². The average Bonchev–Trinajstić information content (AvgIpc) is 3.25. The molecule has 1 aliphatic heterocycles. The molecule has 8 nitrogen and oxygen atoms in total. The molecule has 1 fully saturated rings. The number of hydrazone groups is 1. The Balaban J connectivity index is 1.73. The molecule has 0 unspecified atom stereocenters. The maximum atomic E-state index is 12.9. The third-order valence-electron chi connectivity index (χ3n) is 4.74. The number of amides is 1. The minimum absolute atomic E-state index is 0.0937. The molecule has 0 aliphatic carbocycles. The predicted octanol–water partition coefficient (Wildman–Crippen LogP) is 2.66. The van der Waals surface area contributed by atoms with E-state index in [2.05, 4.69) is 10.5 Å². The second-order valence-corrected chi connectivity index (χ2v) is 8.90. The van der Waals surface area contributed by atoms with Crippen LogP contribution in [0.15, 0.2) is 52.5 Å². The molecule has 1 aliphatic rings. The molecule has 1 amide bonds. The summed E-state index contributed by atoms with van der Waals surface area (Å²) in [5.41, 5.74) is 3.04. The molecule has 1 atom stereocenters. The number of nitrogens with zero attached hydrogens (tertiary/aromatic N) is 2. The first-order chi connectivity index (χ1) is 14.4. The van der Waals surface area contributed by atoms with Crippen LogP contribution in [-0.4, -0.2) is 51.7 Å². The van der Waals surface area contributed by atoms with E-state index in [4.69, 9.17) is 21.1 Å². The second-order valence-electron chi connectivity index (χ2n) is 6.57. The molecule has 10 heteroatoms. The first-order valence-electron chi connectivity index (χ1n) is 9.19. The number of benzene rings is 2. The minimum Gasteiger partial charge on any atom is -0.497 e. The topological polar surface area (TPSA) is 97.3 Å². The zero-order valence-corrected chi connectivity index (χ0v) is 18.1. The van der Waals surface area contributed by atoms with Crippen LogP contribution in [0, 0.1) is 0 Å². The van der Waals surface area contributed by atoms with Gasteiger partial charge in [-0.25, -0.2) is 13.8 Å². The van der Waals surface area contributed by atoms with Crippen molar-refractivity contribution in [3.05, 3.63) is 53.1 Å². The molecule has 30 heavy (non-hydrogen) atoms. The first kappa shape index (κ1) is 22.1. The lowest BCUT2D eigenvalue weighted by Gasteiger charge is -2.22. The lowest BCUT2D eigenvalue weighted by atomic mass is 10.2. The van der Waals surface area contributed by atoms with Crippen molar-refractivity contribution in [1.29, 1.82) is 0 Å². The highest BCUT2D eigenvalue weighted by molar-refractivity contribution is 7.89. The summed E-state index contributed by atoms with van der Waals surface area (Å²) in [6, 6.07) is 10.2. The van der Waals surface area contributed by atoms with Crippen LogP contribution >= 0.6 is 11.6 Å². The van der Waals surface area contributed by atoms with Gasteiger partial charge in [0.1, 0.15) is 17.5 Å². The van der Waals surface area contributed by atoms with Gasteiger partial charge in [-0.2, -0.15) is 9.41 Å². The van der Waals surface area contributed by atoms with Gasteiger partial charge in [0.2, 0.25) is 10.0 Å². The maximum absolute atomic E-state index is 12.9. The van der Waals surface area contributed by atoms with E-state index in [0.717, 1.165) is 0 Å². The van der Waals surface area contributed by atoms with Gasteiger partial charge in [-0.05, 0) is 55.3 Å². The van der Waals surface area contributed by atoms with Crippen LogP contribution < -0.4 is 14.9 Å². The van der Waals surface area contributed by atoms with E-state index in [1.807, 2.05) is 0 Å². The fourth-order valence-corrected chi connectivity index (χ4v) is 4.99. The lowest BCUT2D eigenvalue weighted by Crippen LogP contribution is -2.44. The van der Waals surface area contributed by atoms with Crippen LogP contribution in [0.1, 0.15) is 18.4 Å². The maximum Gasteiger partial charge on any atom is 0.258 e. The van der Waals surface area contributed by atoms with Gasteiger partial charge < -0.3 is 9.47 Å². The summed E-state index contributed by atoms with van der Waals surface area (Å²) in [6.07, 6.45) is 2.42. The Morgan fingerprint density at radius 3 is 2.60 bits per heavy atom. The number of methoxy groups -OCH3 is 2. The average molecular weight is 452 g/mol. The molecule has 0 aromatic heterocycles. The number of carbonyl (C=O) groups excluding carboxylic acids is 1. The fourth-order valence-electron chi connectivity index (χ4n) is 3.21. The Morgan fingerprint density at radius 1 is 1.20 bits per heavy atom. The van der Waals surface area contributed by atoms with Crippen LogP contribution in [-0.2, 0) is 14.8 Å². The molecular formula is C20H22ClN3O5S. The molecule has 0 radical (unpaired) electrons. The van der Waals surface area contributed by atoms with Gasteiger partial charge in [-0.1, -0.05) is 11.6 Å². The van der Waals surface area contributed by atoms with Crippen molar-refractivity contribution < 1.29 is 22.7 Å². The van der Waals surface area contributed by atoms with Gasteiger partial charge in [-0.15, -0.1) is 0 Å². The second kappa shape index (κ2) is 9.46. The summed E-state index contributed by atoms with van der Waals surface area (Å²) in [5, 5.41) is 4.41. The highest BCUT2D eigenvalue weighted by Crippen LogP contribution is 2.27. The fraction of sp³-hybridized carbons (Fsp3) is 0.300. The van der Waals surface area contributed by atoms with Gasteiger partial charge in [0.25, 0.3) is 5.91 Å². The monoisotopic (exact) mass is 451 g/mol. The van der Waals surface area contributed by atoms with Gasteiger partial charge in [-0.3, -0.25) is 4.79 Å². The van der Waals surface area contributed by atoms with Crippen molar-refractivity contribution in [2.45, 2.75) is 23.8 Å². The van der Waals surface area contributed by atoms with Gasteiger partial charge in [0.05, 0.1) is 25.3 Å². The van der Waals surface area contributed by atoms with Crippen LogP contribution in [0.2, 0.25) is 5.02 Å². The molecule has 1 N–H and O–H groups in total. The van der Waals surface area contributed by atoms with Crippen molar-refractivity contribution >= 4 is 33.7 Å². The highest BCUT2D eigenvalue weighted by Gasteiger charge is 2.39. The number of nitrogens with one attached hydrogen (secondary N) is 1. The zero-order valence-electron chi connectivity index (χ0n) is 16.5. The summed E-state index contributed by atoms with van der Waals surface area (Å²) in [7, 11) is -0.756. The van der Waals surface area contributed by atoms with E-state index in [1.54, 1.807) is 25.3 Å². The molecule has 3 rings (SSSR count). The molecule has 0 saturated carbocycles. The van der Waals surface area contributed by atoms with E-state index in [9.17, 15) is 13.2 Å². The van der Waals surface area contributed by atoms with E-state index >= 15 is 0 Å². The summed E-state index contributed by atoms with van der Waals surface area (Å²) < 4.78 is 37.5. The highest BCUT2D eigenvalue weighted by atomic mass is 35.5. The molecule has 0 spiro atoms. The Hall–Kier alpha value is -2.62. The molecule has 0 bridgehead atoms. The number of ether oxygens (including phenoxy) is 2. The van der Waals surface area contributed by atoms with Gasteiger partial charge >= 0.3 is 0 Å². The molecule has 160 valence electrons. The Morgan fingerprint density at radius 2 is 1.93 bits per heavy atom. The minimum atomic E-state index is -3.82. The number of carbonyl (C=O) groups is 1. The summed E-state index contributed by atoms with van der Waals surface area (Å²) >= 11 is 5.84. The van der Waals surface area contributed by atoms with Crippen LogP contribution in [0.5, 0.6) is 11.5 Å². The number of hydrogen-bond donors (Lipinski definition) is 1. The van der Waals surface area contributed by atoms with E-state index in [0.29, 0.717) is 34.9 Å². The SMILES string of the molecule is COc1ccc(OC)c(/C=N\NC(=O)[C@H]2CCCN2S(=O)(=O)c2ccc(Cl)cc2)c1. The van der Waals surface area contributed by atoms with Gasteiger partial charge in [0.15, 0.2) is 0 Å². The molecule has 2 aromatic carbocycles. The summed E-state index contributed by atoms with van der Waals surface area (Å²) in [6.45, 7) is 0.260. The van der Waals surface area contributed by atoms with Crippen molar-refractivity contribution in [2.24, 2.45) is 5.10 Å². The largest absolute Gasteiger partial charge is 0.497 e. The molecule has 1 heterocycles. The molecule has 1 saturated heterocycles. The Kier molecular flexibility index (Phi) is 6.96. The normalized spacial score (nSPS) is 17.2. The Labute approximate surface area is 180 Å². The van der Waals surface area contributed by atoms with Crippen LogP contribution in [0.25, 0.3) is 0 Å². The number of rotatable bonds is 7. The number of sulfonamides is 1. The zero-order chi connectivity index (χ0) is 21.7. The van der Waals surface area contributed by atoms with E-state index < -0.39 is 22.0 Å². The third-order valence-corrected chi connectivity index (χ3v) is 6.92. The van der Waals surface area contributed by atoms with Crippen molar-refractivity contribution in [1.82, 2.24) is 9.73 Å². The quantitative estimate of drug-likeness (QED) is 0.515. The standard InChI is InChI=1S/C20H22ClN3O5S/c1-28-16-7-10-19(29-2)14(12-16)13-22-23-20(25)18-4-3-11-24(18)30(26,27)17-8-5-15(21)6-9-17/h5-10,12-13,18H,3-4,11H2,1-2H3,(H,23,25)/b22-13-/t18-/m1/s1. The van der Waals surface area contributed by atoms with Crippen LogP contribution in [0.4, 0.5) is 0 Å². The van der Waals surface area contributed by atoms with E-state index in [-0.39, 0.29) is 11.4 Å². The third kappa shape index (κ3) is 4.75. The molecule has 2 aromatic rings. The number of hydrogen-bond acceptors (Lipinski definition) is 6. The van der Waals surface area contributed by atoms with Crippen molar-refractivity contribution in [3.63, 3.8) is 0 Å².